The van der Waals surface area contributed by atoms with E-state index >= 15 is 0 Å². The van der Waals surface area contributed by atoms with Crippen LogP contribution in [0.15, 0.2) is 24.3 Å². The van der Waals surface area contributed by atoms with E-state index < -0.39 is 0 Å². The summed E-state index contributed by atoms with van der Waals surface area (Å²) in [4.78, 5) is 23.3. The quantitative estimate of drug-likeness (QED) is 0.837. The number of hydrogen-bond donors (Lipinski definition) is 2. The molecule has 110 valence electrons. The monoisotopic (exact) mass is 298 g/mol. The molecule has 0 unspecified atom stereocenters. The smallest absolute Gasteiger partial charge is 0.337 e. The van der Waals surface area contributed by atoms with E-state index in [4.69, 9.17) is 0 Å². The summed E-state index contributed by atoms with van der Waals surface area (Å²) in [5.41, 5.74) is 1.15. The summed E-state index contributed by atoms with van der Waals surface area (Å²) in [6.45, 7) is 0.888. The van der Waals surface area contributed by atoms with E-state index in [9.17, 15) is 9.59 Å². The first-order chi connectivity index (χ1) is 9.20. The highest BCUT2D eigenvalue weighted by Gasteiger charge is 2.20. The minimum atomic E-state index is -0.383. The Morgan fingerprint density at radius 1 is 1.25 bits per heavy atom. The standard InChI is InChI=1S/C14H18N2O3.ClH/c1-19-14(18)10-5-7-11(8-6-10)16-13(17)12-4-2-3-9-15-12;/h5-8,12,15H,2-4,9H2,1H3,(H,16,17);1H/t12-;/m1./s1. The molecule has 5 nitrogen and oxygen atoms in total. The molecule has 1 aromatic carbocycles. The average Bonchev–Trinajstić information content (AvgIpc) is 2.48. The number of ether oxygens (including phenoxy) is 1. The van der Waals surface area contributed by atoms with Crippen molar-refractivity contribution < 1.29 is 14.3 Å². The van der Waals surface area contributed by atoms with Gasteiger partial charge in [-0.1, -0.05) is 6.42 Å². The summed E-state index contributed by atoms with van der Waals surface area (Å²) < 4.78 is 4.62. The molecule has 0 spiro atoms. The van der Waals surface area contributed by atoms with Crippen LogP contribution >= 0.6 is 12.4 Å². The molecule has 0 saturated carbocycles. The molecular weight excluding hydrogens is 280 g/mol. The zero-order valence-corrected chi connectivity index (χ0v) is 12.2. The molecule has 1 aliphatic rings. The van der Waals surface area contributed by atoms with Crippen LogP contribution in [0.25, 0.3) is 0 Å². The molecule has 2 N–H and O–H groups in total. The lowest BCUT2D eigenvalue weighted by Gasteiger charge is -2.22. The second-order valence-corrected chi connectivity index (χ2v) is 4.56. The van der Waals surface area contributed by atoms with Gasteiger partial charge in [-0.25, -0.2) is 4.79 Å². The van der Waals surface area contributed by atoms with Gasteiger partial charge in [0.25, 0.3) is 0 Å². The van der Waals surface area contributed by atoms with Crippen LogP contribution in [0.5, 0.6) is 0 Å². The van der Waals surface area contributed by atoms with Crippen molar-refractivity contribution in [2.24, 2.45) is 0 Å². The summed E-state index contributed by atoms with van der Waals surface area (Å²) in [7, 11) is 1.34. The Bertz CT molecular complexity index is 456. The van der Waals surface area contributed by atoms with E-state index in [0.29, 0.717) is 11.3 Å². The number of carbonyl (C=O) groups is 2. The largest absolute Gasteiger partial charge is 0.465 e. The average molecular weight is 299 g/mol. The van der Waals surface area contributed by atoms with Gasteiger partial charge >= 0.3 is 5.97 Å². The van der Waals surface area contributed by atoms with E-state index in [-0.39, 0.29) is 30.3 Å². The first-order valence-electron chi connectivity index (χ1n) is 6.43. The Morgan fingerprint density at radius 2 is 1.95 bits per heavy atom. The molecule has 0 aromatic heterocycles. The third kappa shape index (κ3) is 4.21. The highest BCUT2D eigenvalue weighted by Crippen LogP contribution is 2.13. The minimum Gasteiger partial charge on any atom is -0.465 e. The molecule has 1 saturated heterocycles. The highest BCUT2D eigenvalue weighted by molar-refractivity contribution is 5.95. The van der Waals surface area contributed by atoms with Gasteiger partial charge in [0.1, 0.15) is 0 Å². The van der Waals surface area contributed by atoms with Crippen molar-refractivity contribution in [1.29, 1.82) is 0 Å². The van der Waals surface area contributed by atoms with Gasteiger partial charge in [0, 0.05) is 5.69 Å². The molecule has 1 aromatic rings. The zero-order valence-electron chi connectivity index (χ0n) is 11.3. The van der Waals surface area contributed by atoms with Gasteiger partial charge in [0.2, 0.25) is 5.91 Å². The number of benzene rings is 1. The number of piperidine rings is 1. The van der Waals surface area contributed by atoms with E-state index in [2.05, 4.69) is 15.4 Å². The molecule has 1 aliphatic heterocycles. The number of hydrogen-bond acceptors (Lipinski definition) is 4. The van der Waals surface area contributed by atoms with Crippen LogP contribution in [0.4, 0.5) is 5.69 Å². The van der Waals surface area contributed by atoms with Crippen LogP contribution in [0.2, 0.25) is 0 Å². The fourth-order valence-corrected chi connectivity index (χ4v) is 2.11. The Balaban J connectivity index is 0.00000200. The fourth-order valence-electron chi connectivity index (χ4n) is 2.11. The predicted molar refractivity (Wildman–Crippen MR) is 79.3 cm³/mol. The number of anilines is 1. The van der Waals surface area contributed by atoms with Crippen molar-refractivity contribution in [2.75, 3.05) is 19.0 Å². The van der Waals surface area contributed by atoms with Crippen LogP contribution in [-0.2, 0) is 9.53 Å². The fraction of sp³-hybridized carbons (Fsp3) is 0.429. The first-order valence-corrected chi connectivity index (χ1v) is 6.43. The van der Waals surface area contributed by atoms with Crippen molar-refractivity contribution >= 4 is 30.0 Å². The topological polar surface area (TPSA) is 67.4 Å². The molecular formula is C14H19ClN2O3. The lowest BCUT2D eigenvalue weighted by molar-refractivity contribution is -0.118. The van der Waals surface area contributed by atoms with Gasteiger partial charge in [-0.2, -0.15) is 0 Å². The Labute approximate surface area is 124 Å². The molecule has 6 heteroatoms. The number of carbonyl (C=O) groups excluding carboxylic acids is 2. The maximum absolute atomic E-state index is 12.0. The molecule has 1 fully saturated rings. The van der Waals surface area contributed by atoms with Gasteiger partial charge in [0.05, 0.1) is 18.7 Å². The van der Waals surface area contributed by atoms with Crippen molar-refractivity contribution in [1.82, 2.24) is 5.32 Å². The molecule has 1 heterocycles. The summed E-state index contributed by atoms with van der Waals surface area (Å²) in [5.74, 6) is -0.405. The summed E-state index contributed by atoms with van der Waals surface area (Å²) in [6.07, 6.45) is 3.07. The first kappa shape index (κ1) is 16.5. The van der Waals surface area contributed by atoms with Crippen molar-refractivity contribution in [3.8, 4) is 0 Å². The molecule has 2 rings (SSSR count). The number of nitrogens with one attached hydrogen (secondary N) is 2. The Hall–Kier alpha value is -1.59. The van der Waals surface area contributed by atoms with E-state index in [1.165, 1.54) is 7.11 Å². The van der Waals surface area contributed by atoms with Crippen LogP contribution < -0.4 is 10.6 Å². The zero-order chi connectivity index (χ0) is 13.7. The normalized spacial score (nSPS) is 17.8. The third-order valence-electron chi connectivity index (χ3n) is 3.20. The number of amides is 1. The lowest BCUT2D eigenvalue weighted by Crippen LogP contribution is -2.43. The van der Waals surface area contributed by atoms with Crippen molar-refractivity contribution in [3.63, 3.8) is 0 Å². The van der Waals surface area contributed by atoms with Gasteiger partial charge in [-0.3, -0.25) is 4.79 Å². The van der Waals surface area contributed by atoms with E-state index in [0.717, 1.165) is 25.8 Å². The second-order valence-electron chi connectivity index (χ2n) is 4.56. The molecule has 0 radical (unpaired) electrons. The number of methoxy groups -OCH3 is 1. The molecule has 1 amide bonds. The summed E-state index contributed by atoms with van der Waals surface area (Å²) in [6, 6.07) is 6.56. The third-order valence-corrected chi connectivity index (χ3v) is 3.20. The summed E-state index contributed by atoms with van der Waals surface area (Å²) in [5, 5.41) is 6.03. The molecule has 0 aliphatic carbocycles. The van der Waals surface area contributed by atoms with Gasteiger partial charge in [-0.05, 0) is 43.7 Å². The second kappa shape index (κ2) is 7.87. The van der Waals surface area contributed by atoms with Crippen LogP contribution in [0.3, 0.4) is 0 Å². The lowest BCUT2D eigenvalue weighted by atomic mass is 10.0. The number of halogens is 1. The van der Waals surface area contributed by atoms with Crippen molar-refractivity contribution in [2.45, 2.75) is 25.3 Å². The van der Waals surface area contributed by atoms with Gasteiger partial charge in [0.15, 0.2) is 0 Å². The Kier molecular flexibility index (Phi) is 6.48. The van der Waals surface area contributed by atoms with Gasteiger partial charge in [-0.15, -0.1) is 12.4 Å². The molecule has 1 atom stereocenters. The molecule has 20 heavy (non-hydrogen) atoms. The number of esters is 1. The van der Waals surface area contributed by atoms with Crippen LogP contribution in [0.1, 0.15) is 29.6 Å². The minimum absolute atomic E-state index is 0. The maximum Gasteiger partial charge on any atom is 0.337 e. The van der Waals surface area contributed by atoms with E-state index in [1.54, 1.807) is 24.3 Å². The van der Waals surface area contributed by atoms with Crippen LogP contribution in [-0.4, -0.2) is 31.6 Å². The van der Waals surface area contributed by atoms with E-state index in [1.807, 2.05) is 0 Å². The number of rotatable bonds is 3. The highest BCUT2D eigenvalue weighted by atomic mass is 35.5. The molecule has 0 bridgehead atoms. The SMILES string of the molecule is COC(=O)c1ccc(NC(=O)[C@H]2CCCCN2)cc1.Cl. The predicted octanol–water partition coefficient (Wildman–Crippen LogP) is 1.98. The van der Waals surface area contributed by atoms with Crippen molar-refractivity contribution in [3.05, 3.63) is 29.8 Å². The Morgan fingerprint density at radius 3 is 2.50 bits per heavy atom. The maximum atomic E-state index is 12.0. The van der Waals surface area contributed by atoms with Crippen LogP contribution in [0, 0.1) is 0 Å². The van der Waals surface area contributed by atoms with Gasteiger partial charge < -0.3 is 15.4 Å². The summed E-state index contributed by atoms with van der Waals surface area (Å²) >= 11 is 0.